The number of nitrogens with zero attached hydrogens (tertiary/aromatic N) is 3. The number of pyridine rings is 1. The lowest BCUT2D eigenvalue weighted by atomic mass is 10.1. The molecule has 1 atom stereocenters. The van der Waals surface area contributed by atoms with Crippen LogP contribution in [0.2, 0.25) is 0 Å². The van der Waals surface area contributed by atoms with Gasteiger partial charge in [-0.05, 0) is 37.1 Å². The third kappa shape index (κ3) is 3.39. The molecule has 90 valence electrons. The first-order chi connectivity index (χ1) is 8.25. The minimum atomic E-state index is 0.334. The van der Waals surface area contributed by atoms with Crippen molar-refractivity contribution in [1.82, 2.24) is 20.1 Å². The van der Waals surface area contributed by atoms with Crippen LogP contribution >= 0.6 is 0 Å². The molecule has 0 unspecified atom stereocenters. The summed E-state index contributed by atoms with van der Waals surface area (Å²) in [5.41, 5.74) is 2.48. The van der Waals surface area contributed by atoms with E-state index in [1.54, 1.807) is 6.20 Å². The Kier molecular flexibility index (Phi) is 3.88. The first kappa shape index (κ1) is 11.8. The second-order valence-corrected chi connectivity index (χ2v) is 4.23. The van der Waals surface area contributed by atoms with Gasteiger partial charge in [0.2, 0.25) is 0 Å². The predicted octanol–water partition coefficient (Wildman–Crippen LogP) is 1.71. The monoisotopic (exact) mass is 230 g/mol. The molecule has 0 aliphatic carbocycles. The van der Waals surface area contributed by atoms with Crippen LogP contribution in [0.5, 0.6) is 0 Å². The Hall–Kier alpha value is -1.68. The molecule has 2 aromatic rings. The van der Waals surface area contributed by atoms with Gasteiger partial charge in [0.25, 0.3) is 0 Å². The zero-order chi connectivity index (χ0) is 12.1. The van der Waals surface area contributed by atoms with Gasteiger partial charge in [0, 0.05) is 31.7 Å². The van der Waals surface area contributed by atoms with E-state index in [1.807, 2.05) is 30.2 Å². The fourth-order valence-corrected chi connectivity index (χ4v) is 1.78. The molecule has 2 aromatic heterocycles. The molecule has 0 aliphatic rings. The van der Waals surface area contributed by atoms with E-state index >= 15 is 0 Å². The number of nitrogens with one attached hydrogen (secondary N) is 1. The fourth-order valence-electron chi connectivity index (χ4n) is 1.78. The molecule has 4 heteroatoms. The van der Waals surface area contributed by atoms with Crippen molar-refractivity contribution in [3.05, 3.63) is 48.0 Å². The maximum atomic E-state index is 4.15. The van der Waals surface area contributed by atoms with Gasteiger partial charge in [-0.15, -0.1) is 0 Å². The molecular weight excluding hydrogens is 212 g/mol. The molecule has 0 aromatic carbocycles. The highest BCUT2D eigenvalue weighted by atomic mass is 15.2. The largest absolute Gasteiger partial charge is 0.310 e. The van der Waals surface area contributed by atoms with Gasteiger partial charge >= 0.3 is 0 Å². The third-order valence-corrected chi connectivity index (χ3v) is 2.81. The van der Waals surface area contributed by atoms with E-state index in [1.165, 1.54) is 11.1 Å². The summed E-state index contributed by atoms with van der Waals surface area (Å²) in [6, 6.07) is 4.39. The number of aryl methyl sites for hydroxylation is 1. The average Bonchev–Trinajstić information content (AvgIpc) is 2.76. The van der Waals surface area contributed by atoms with E-state index in [9.17, 15) is 0 Å². The van der Waals surface area contributed by atoms with Crippen molar-refractivity contribution in [2.45, 2.75) is 19.4 Å². The smallest absolute Gasteiger partial charge is 0.0522 e. The molecule has 0 aliphatic heterocycles. The second-order valence-electron chi connectivity index (χ2n) is 4.23. The average molecular weight is 230 g/mol. The molecule has 17 heavy (non-hydrogen) atoms. The van der Waals surface area contributed by atoms with Crippen molar-refractivity contribution in [3.63, 3.8) is 0 Å². The topological polar surface area (TPSA) is 42.7 Å². The lowest BCUT2D eigenvalue weighted by Gasteiger charge is -2.13. The maximum absolute atomic E-state index is 4.15. The van der Waals surface area contributed by atoms with Crippen LogP contribution in [0.1, 0.15) is 24.1 Å². The molecule has 0 fully saturated rings. The normalized spacial score (nSPS) is 12.6. The Morgan fingerprint density at radius 1 is 1.41 bits per heavy atom. The molecule has 0 spiro atoms. The van der Waals surface area contributed by atoms with Crippen molar-refractivity contribution >= 4 is 0 Å². The third-order valence-electron chi connectivity index (χ3n) is 2.81. The van der Waals surface area contributed by atoms with Crippen LogP contribution < -0.4 is 5.32 Å². The Morgan fingerprint density at radius 2 is 2.29 bits per heavy atom. The highest BCUT2D eigenvalue weighted by Crippen LogP contribution is 2.09. The van der Waals surface area contributed by atoms with Crippen LogP contribution in [-0.4, -0.2) is 21.3 Å². The summed E-state index contributed by atoms with van der Waals surface area (Å²) >= 11 is 0. The standard InChI is InChI=1S/C13H18N4/c1-11(13-4-3-6-14-9-13)15-7-5-12-8-16-17(2)10-12/h3-4,6,8-11,15H,5,7H2,1-2H3/t11-/m0/s1. The molecule has 0 saturated heterocycles. The highest BCUT2D eigenvalue weighted by molar-refractivity contribution is 5.13. The van der Waals surface area contributed by atoms with Gasteiger partial charge in [-0.25, -0.2) is 0 Å². The van der Waals surface area contributed by atoms with E-state index in [-0.39, 0.29) is 0 Å². The van der Waals surface area contributed by atoms with Crippen molar-refractivity contribution in [1.29, 1.82) is 0 Å². The Bertz CT molecular complexity index is 449. The van der Waals surface area contributed by atoms with Gasteiger partial charge in [0.1, 0.15) is 0 Å². The van der Waals surface area contributed by atoms with Gasteiger partial charge in [-0.2, -0.15) is 5.10 Å². The number of aromatic nitrogens is 3. The minimum absolute atomic E-state index is 0.334. The molecule has 0 bridgehead atoms. The summed E-state index contributed by atoms with van der Waals surface area (Å²) in [5.74, 6) is 0. The summed E-state index contributed by atoms with van der Waals surface area (Å²) in [7, 11) is 1.94. The number of rotatable bonds is 5. The van der Waals surface area contributed by atoms with E-state index in [0.29, 0.717) is 6.04 Å². The van der Waals surface area contributed by atoms with Crippen molar-refractivity contribution < 1.29 is 0 Å². The van der Waals surface area contributed by atoms with E-state index in [4.69, 9.17) is 0 Å². The molecule has 2 heterocycles. The van der Waals surface area contributed by atoms with E-state index in [0.717, 1.165) is 13.0 Å². The molecule has 1 N–H and O–H groups in total. The van der Waals surface area contributed by atoms with Crippen molar-refractivity contribution in [2.75, 3.05) is 6.54 Å². The van der Waals surface area contributed by atoms with Gasteiger partial charge in [-0.3, -0.25) is 9.67 Å². The van der Waals surface area contributed by atoms with Gasteiger partial charge in [0.05, 0.1) is 6.20 Å². The first-order valence-electron chi connectivity index (χ1n) is 5.86. The first-order valence-corrected chi connectivity index (χ1v) is 5.86. The van der Waals surface area contributed by atoms with Crippen LogP contribution in [0.25, 0.3) is 0 Å². The lowest BCUT2D eigenvalue weighted by molar-refractivity contribution is 0.575. The van der Waals surface area contributed by atoms with Crippen molar-refractivity contribution in [3.8, 4) is 0 Å². The lowest BCUT2D eigenvalue weighted by Crippen LogP contribution is -2.21. The summed E-state index contributed by atoms with van der Waals surface area (Å²) in [5, 5.41) is 7.63. The second kappa shape index (κ2) is 5.59. The van der Waals surface area contributed by atoms with Crippen LogP contribution in [0, 0.1) is 0 Å². The number of hydrogen-bond donors (Lipinski definition) is 1. The zero-order valence-corrected chi connectivity index (χ0v) is 10.3. The van der Waals surface area contributed by atoms with Gasteiger partial charge in [-0.1, -0.05) is 6.07 Å². The summed E-state index contributed by atoms with van der Waals surface area (Å²) in [6.07, 6.45) is 8.67. The number of hydrogen-bond acceptors (Lipinski definition) is 3. The summed E-state index contributed by atoms with van der Waals surface area (Å²) in [4.78, 5) is 4.12. The molecule has 0 amide bonds. The minimum Gasteiger partial charge on any atom is -0.310 e. The van der Waals surface area contributed by atoms with E-state index in [2.05, 4.69) is 34.6 Å². The maximum Gasteiger partial charge on any atom is 0.0522 e. The quantitative estimate of drug-likeness (QED) is 0.850. The molecule has 0 radical (unpaired) electrons. The fraction of sp³-hybridized carbons (Fsp3) is 0.385. The molecular formula is C13H18N4. The predicted molar refractivity (Wildman–Crippen MR) is 67.6 cm³/mol. The Labute approximate surface area is 102 Å². The Balaban J connectivity index is 1.79. The summed E-state index contributed by atoms with van der Waals surface area (Å²) < 4.78 is 1.83. The molecule has 0 saturated carbocycles. The zero-order valence-electron chi connectivity index (χ0n) is 10.3. The molecule has 4 nitrogen and oxygen atoms in total. The summed E-state index contributed by atoms with van der Waals surface area (Å²) in [6.45, 7) is 3.10. The highest BCUT2D eigenvalue weighted by Gasteiger charge is 2.04. The van der Waals surface area contributed by atoms with E-state index < -0.39 is 0 Å². The molecule has 2 rings (SSSR count). The van der Waals surface area contributed by atoms with Crippen LogP contribution in [0.4, 0.5) is 0 Å². The van der Waals surface area contributed by atoms with Gasteiger partial charge < -0.3 is 5.32 Å². The van der Waals surface area contributed by atoms with Crippen LogP contribution in [-0.2, 0) is 13.5 Å². The van der Waals surface area contributed by atoms with Gasteiger partial charge in [0.15, 0.2) is 0 Å². The van der Waals surface area contributed by atoms with Crippen LogP contribution in [0.15, 0.2) is 36.9 Å². The van der Waals surface area contributed by atoms with Crippen molar-refractivity contribution in [2.24, 2.45) is 7.05 Å². The SMILES string of the molecule is C[C@H](NCCc1cnn(C)c1)c1cccnc1. The Morgan fingerprint density at radius 3 is 2.94 bits per heavy atom. The van der Waals surface area contributed by atoms with Crippen LogP contribution in [0.3, 0.4) is 0 Å².